The van der Waals surface area contributed by atoms with Crippen LogP contribution < -0.4 is 4.90 Å². The molecule has 2 saturated heterocycles. The first-order valence-corrected chi connectivity index (χ1v) is 7.88. The number of benzene rings is 1. The molecule has 2 aliphatic rings. The molecule has 0 aliphatic carbocycles. The molecule has 2 heterocycles. The van der Waals surface area contributed by atoms with Crippen LogP contribution in [0.2, 0.25) is 0 Å². The van der Waals surface area contributed by atoms with E-state index in [1.54, 1.807) is 4.90 Å². The van der Waals surface area contributed by atoms with Gasteiger partial charge in [0.2, 0.25) is 5.91 Å². The number of sulfone groups is 1. The standard InChI is InChI=1S/C13H15NO3S/c1-9-4-2-3-5-11(9)14-12-8-18(16,17)7-10(12)6-13(14)15/h2-5,10,12H,6-8H2,1H3/t10-,12+/m0/s1. The summed E-state index contributed by atoms with van der Waals surface area (Å²) in [5.74, 6) is 0.292. The van der Waals surface area contributed by atoms with E-state index in [1.807, 2.05) is 31.2 Å². The van der Waals surface area contributed by atoms with E-state index in [2.05, 4.69) is 0 Å². The van der Waals surface area contributed by atoms with Crippen molar-refractivity contribution in [2.75, 3.05) is 16.4 Å². The third kappa shape index (κ3) is 1.73. The summed E-state index contributed by atoms with van der Waals surface area (Å²) in [5.41, 5.74) is 1.86. The van der Waals surface area contributed by atoms with Gasteiger partial charge in [0.05, 0.1) is 17.5 Å². The van der Waals surface area contributed by atoms with E-state index in [0.717, 1.165) is 11.3 Å². The average molecular weight is 265 g/mol. The van der Waals surface area contributed by atoms with E-state index in [1.165, 1.54) is 0 Å². The van der Waals surface area contributed by atoms with E-state index in [0.29, 0.717) is 6.42 Å². The Morgan fingerprint density at radius 2 is 1.94 bits per heavy atom. The second-order valence-electron chi connectivity index (χ2n) is 5.16. The number of amides is 1. The number of para-hydroxylation sites is 1. The first-order valence-electron chi connectivity index (χ1n) is 6.06. The van der Waals surface area contributed by atoms with Gasteiger partial charge in [-0.15, -0.1) is 0 Å². The van der Waals surface area contributed by atoms with Crippen molar-refractivity contribution in [2.24, 2.45) is 5.92 Å². The minimum absolute atomic E-state index is 0.0258. The number of fused-ring (bicyclic) bond motifs is 1. The summed E-state index contributed by atoms with van der Waals surface area (Å²) in [6, 6.07) is 7.47. The molecule has 0 aromatic heterocycles. The van der Waals surface area contributed by atoms with Gasteiger partial charge in [0.25, 0.3) is 0 Å². The maximum Gasteiger partial charge on any atom is 0.227 e. The summed E-state index contributed by atoms with van der Waals surface area (Å²) in [6.07, 6.45) is 0.359. The second kappa shape index (κ2) is 3.82. The van der Waals surface area contributed by atoms with Gasteiger partial charge in [0, 0.05) is 18.0 Å². The molecule has 2 aliphatic heterocycles. The quantitative estimate of drug-likeness (QED) is 0.765. The molecule has 0 radical (unpaired) electrons. The van der Waals surface area contributed by atoms with Crippen LogP contribution in [0.1, 0.15) is 12.0 Å². The Morgan fingerprint density at radius 3 is 2.67 bits per heavy atom. The molecule has 2 atom stereocenters. The smallest absolute Gasteiger partial charge is 0.227 e. The van der Waals surface area contributed by atoms with Crippen LogP contribution >= 0.6 is 0 Å². The van der Waals surface area contributed by atoms with Gasteiger partial charge in [-0.1, -0.05) is 18.2 Å². The number of carbonyl (C=O) groups excluding carboxylic acids is 1. The minimum atomic E-state index is -2.98. The molecule has 0 bridgehead atoms. The summed E-state index contributed by atoms with van der Waals surface area (Å²) in [7, 11) is -2.98. The largest absolute Gasteiger partial charge is 0.308 e. The minimum Gasteiger partial charge on any atom is -0.308 e. The Hall–Kier alpha value is -1.36. The average Bonchev–Trinajstić information content (AvgIpc) is 2.70. The van der Waals surface area contributed by atoms with Crippen LogP contribution in [-0.4, -0.2) is 31.9 Å². The molecule has 5 heteroatoms. The van der Waals surface area contributed by atoms with Gasteiger partial charge >= 0.3 is 0 Å². The summed E-state index contributed by atoms with van der Waals surface area (Å²) in [5, 5.41) is 0. The van der Waals surface area contributed by atoms with Crippen molar-refractivity contribution < 1.29 is 13.2 Å². The van der Waals surface area contributed by atoms with Crippen LogP contribution in [-0.2, 0) is 14.6 Å². The van der Waals surface area contributed by atoms with Crippen molar-refractivity contribution >= 4 is 21.4 Å². The van der Waals surface area contributed by atoms with Gasteiger partial charge in [0.1, 0.15) is 0 Å². The summed E-state index contributed by atoms with van der Waals surface area (Å²) in [4.78, 5) is 13.8. The number of aryl methyl sites for hydroxylation is 1. The summed E-state index contributed by atoms with van der Waals surface area (Å²) < 4.78 is 23.3. The van der Waals surface area contributed by atoms with Crippen molar-refractivity contribution in [3.63, 3.8) is 0 Å². The highest BCUT2D eigenvalue weighted by Gasteiger charge is 2.49. The Kier molecular flexibility index (Phi) is 2.48. The fourth-order valence-electron chi connectivity index (χ4n) is 3.04. The molecule has 0 spiro atoms. The molecule has 3 rings (SSSR count). The Morgan fingerprint density at radius 1 is 1.22 bits per heavy atom. The van der Waals surface area contributed by atoms with Gasteiger partial charge < -0.3 is 4.90 Å². The predicted octanol–water partition coefficient (Wildman–Crippen LogP) is 1.14. The third-order valence-electron chi connectivity index (χ3n) is 3.85. The highest BCUT2D eigenvalue weighted by molar-refractivity contribution is 7.91. The van der Waals surface area contributed by atoms with Crippen LogP contribution in [0.15, 0.2) is 24.3 Å². The molecular formula is C13H15NO3S. The van der Waals surface area contributed by atoms with E-state index in [4.69, 9.17) is 0 Å². The topological polar surface area (TPSA) is 54.5 Å². The Bertz CT molecular complexity index is 608. The lowest BCUT2D eigenvalue weighted by molar-refractivity contribution is -0.117. The number of carbonyl (C=O) groups is 1. The lowest BCUT2D eigenvalue weighted by atomic mass is 10.0. The highest BCUT2D eigenvalue weighted by Crippen LogP contribution is 2.38. The molecule has 1 aromatic rings. The van der Waals surface area contributed by atoms with Crippen LogP contribution in [0.3, 0.4) is 0 Å². The van der Waals surface area contributed by atoms with Crippen molar-refractivity contribution in [2.45, 2.75) is 19.4 Å². The number of anilines is 1. The van der Waals surface area contributed by atoms with Crippen LogP contribution in [0, 0.1) is 12.8 Å². The van der Waals surface area contributed by atoms with Crippen molar-refractivity contribution in [1.29, 1.82) is 0 Å². The summed E-state index contributed by atoms with van der Waals surface area (Å²) in [6.45, 7) is 1.94. The van der Waals surface area contributed by atoms with Gasteiger partial charge in [-0.3, -0.25) is 4.79 Å². The molecule has 4 nitrogen and oxygen atoms in total. The number of rotatable bonds is 1. The fraction of sp³-hybridized carbons (Fsp3) is 0.462. The molecule has 0 unspecified atom stereocenters. The second-order valence-corrected chi connectivity index (χ2v) is 7.31. The highest BCUT2D eigenvalue weighted by atomic mass is 32.2. The molecule has 0 N–H and O–H groups in total. The van der Waals surface area contributed by atoms with Crippen LogP contribution in [0.5, 0.6) is 0 Å². The van der Waals surface area contributed by atoms with Crippen molar-refractivity contribution in [1.82, 2.24) is 0 Å². The number of hydrogen-bond acceptors (Lipinski definition) is 3. The molecule has 1 amide bonds. The van der Waals surface area contributed by atoms with Crippen molar-refractivity contribution in [3.05, 3.63) is 29.8 Å². The van der Waals surface area contributed by atoms with Gasteiger partial charge in [0.15, 0.2) is 9.84 Å². The van der Waals surface area contributed by atoms with E-state index in [9.17, 15) is 13.2 Å². The fourth-order valence-corrected chi connectivity index (χ4v) is 5.11. The summed E-state index contributed by atoms with van der Waals surface area (Å²) >= 11 is 0. The molecule has 0 saturated carbocycles. The maximum absolute atomic E-state index is 12.1. The van der Waals surface area contributed by atoms with E-state index in [-0.39, 0.29) is 29.4 Å². The predicted molar refractivity (Wildman–Crippen MR) is 69.2 cm³/mol. The zero-order valence-corrected chi connectivity index (χ0v) is 11.0. The van der Waals surface area contributed by atoms with Gasteiger partial charge in [-0.05, 0) is 18.6 Å². The molecule has 1 aromatic carbocycles. The normalized spacial score (nSPS) is 29.6. The zero-order chi connectivity index (χ0) is 12.9. The van der Waals surface area contributed by atoms with Crippen molar-refractivity contribution in [3.8, 4) is 0 Å². The molecule has 96 valence electrons. The van der Waals surface area contributed by atoms with Crippen LogP contribution in [0.4, 0.5) is 5.69 Å². The zero-order valence-electron chi connectivity index (χ0n) is 10.2. The molecular weight excluding hydrogens is 250 g/mol. The van der Waals surface area contributed by atoms with Gasteiger partial charge in [-0.25, -0.2) is 8.42 Å². The lowest BCUT2D eigenvalue weighted by Gasteiger charge is -2.24. The monoisotopic (exact) mass is 265 g/mol. The Labute approximate surface area is 107 Å². The third-order valence-corrected chi connectivity index (χ3v) is 5.63. The SMILES string of the molecule is Cc1ccccc1N1C(=O)C[C@H]2CS(=O)(=O)C[C@H]21. The van der Waals surface area contributed by atoms with E-state index < -0.39 is 9.84 Å². The lowest BCUT2D eigenvalue weighted by Crippen LogP contribution is -2.36. The van der Waals surface area contributed by atoms with E-state index >= 15 is 0 Å². The Balaban J connectivity index is 2.02. The van der Waals surface area contributed by atoms with Gasteiger partial charge in [-0.2, -0.15) is 0 Å². The first-order chi connectivity index (χ1) is 8.48. The molecule has 18 heavy (non-hydrogen) atoms. The van der Waals surface area contributed by atoms with Crippen LogP contribution in [0.25, 0.3) is 0 Å². The number of hydrogen-bond donors (Lipinski definition) is 0. The molecule has 2 fully saturated rings. The number of nitrogens with zero attached hydrogens (tertiary/aromatic N) is 1. The maximum atomic E-state index is 12.1. The first kappa shape index (κ1) is 11.7.